The standard InChI is InChI=1S/C10H14O.C3H6O2/c1-2-3-9-11-10-7-5-4-6-8-10;1-2-3(4)5/h4-8H,2-3,9H2,1H3;2H2,1H3,(H,4,5). The van der Waals surface area contributed by atoms with E-state index in [0.29, 0.717) is 0 Å². The molecule has 1 N–H and O–H groups in total. The second-order valence-corrected chi connectivity index (χ2v) is 3.26. The highest BCUT2D eigenvalue weighted by Crippen LogP contribution is 2.08. The number of ether oxygens (including phenoxy) is 1. The molecule has 0 fully saturated rings. The third-order valence-electron chi connectivity index (χ3n) is 1.81. The van der Waals surface area contributed by atoms with Gasteiger partial charge in [0.05, 0.1) is 6.61 Å². The van der Waals surface area contributed by atoms with Gasteiger partial charge in [-0.15, -0.1) is 0 Å². The van der Waals surface area contributed by atoms with Gasteiger partial charge in [0, 0.05) is 6.42 Å². The van der Waals surface area contributed by atoms with Crippen LogP contribution in [0.5, 0.6) is 5.75 Å². The maximum absolute atomic E-state index is 9.37. The maximum Gasteiger partial charge on any atom is 0.303 e. The van der Waals surface area contributed by atoms with Crippen molar-refractivity contribution < 1.29 is 14.6 Å². The summed E-state index contributed by atoms with van der Waals surface area (Å²) in [5.41, 5.74) is 0. The minimum Gasteiger partial charge on any atom is -0.494 e. The van der Waals surface area contributed by atoms with E-state index >= 15 is 0 Å². The van der Waals surface area contributed by atoms with Gasteiger partial charge in [-0.3, -0.25) is 4.79 Å². The van der Waals surface area contributed by atoms with Crippen molar-refractivity contribution in [2.45, 2.75) is 33.1 Å². The molecule has 90 valence electrons. The molecule has 0 aliphatic carbocycles. The molecule has 3 heteroatoms. The molecule has 0 heterocycles. The van der Waals surface area contributed by atoms with Gasteiger partial charge in [-0.1, -0.05) is 38.5 Å². The normalized spacial score (nSPS) is 8.88. The number of para-hydroxylation sites is 1. The molecule has 0 bridgehead atoms. The van der Waals surface area contributed by atoms with E-state index in [9.17, 15) is 4.79 Å². The summed E-state index contributed by atoms with van der Waals surface area (Å²) >= 11 is 0. The Labute approximate surface area is 97.1 Å². The number of carboxylic acid groups (broad SMARTS) is 1. The largest absolute Gasteiger partial charge is 0.494 e. The van der Waals surface area contributed by atoms with E-state index in [0.717, 1.165) is 18.8 Å². The van der Waals surface area contributed by atoms with E-state index in [1.807, 2.05) is 30.3 Å². The fourth-order valence-electron chi connectivity index (χ4n) is 0.851. The number of unbranched alkanes of at least 4 members (excludes halogenated alkanes) is 1. The van der Waals surface area contributed by atoms with E-state index in [2.05, 4.69) is 6.92 Å². The molecule has 1 aromatic rings. The van der Waals surface area contributed by atoms with E-state index < -0.39 is 5.97 Å². The lowest BCUT2D eigenvalue weighted by molar-refractivity contribution is -0.136. The lowest BCUT2D eigenvalue weighted by Crippen LogP contribution is -1.95. The zero-order valence-corrected chi connectivity index (χ0v) is 9.98. The number of carbonyl (C=O) groups is 1. The van der Waals surface area contributed by atoms with Crippen LogP contribution < -0.4 is 4.74 Å². The van der Waals surface area contributed by atoms with Crippen molar-refractivity contribution in [1.29, 1.82) is 0 Å². The Hall–Kier alpha value is -1.51. The van der Waals surface area contributed by atoms with Crippen LogP contribution in [0.15, 0.2) is 30.3 Å². The fourth-order valence-corrected chi connectivity index (χ4v) is 0.851. The first-order valence-electron chi connectivity index (χ1n) is 5.60. The summed E-state index contributed by atoms with van der Waals surface area (Å²) in [6.45, 7) is 4.59. The van der Waals surface area contributed by atoms with Gasteiger partial charge in [-0.25, -0.2) is 0 Å². The molecule has 0 spiro atoms. The monoisotopic (exact) mass is 224 g/mol. The second kappa shape index (κ2) is 10.0. The summed E-state index contributed by atoms with van der Waals surface area (Å²) in [6, 6.07) is 9.93. The van der Waals surface area contributed by atoms with Crippen LogP contribution in [0.2, 0.25) is 0 Å². The van der Waals surface area contributed by atoms with E-state index in [4.69, 9.17) is 9.84 Å². The van der Waals surface area contributed by atoms with E-state index in [1.165, 1.54) is 6.42 Å². The van der Waals surface area contributed by atoms with Crippen LogP contribution in [0, 0.1) is 0 Å². The van der Waals surface area contributed by atoms with Gasteiger partial charge in [-0.05, 0) is 18.6 Å². The van der Waals surface area contributed by atoms with Crippen LogP contribution in [-0.4, -0.2) is 17.7 Å². The third-order valence-corrected chi connectivity index (χ3v) is 1.81. The maximum atomic E-state index is 9.37. The average molecular weight is 224 g/mol. The highest BCUT2D eigenvalue weighted by atomic mass is 16.5. The van der Waals surface area contributed by atoms with E-state index in [1.54, 1.807) is 6.92 Å². The van der Waals surface area contributed by atoms with Crippen LogP contribution >= 0.6 is 0 Å². The fraction of sp³-hybridized carbons (Fsp3) is 0.462. The van der Waals surface area contributed by atoms with Crippen LogP contribution in [0.4, 0.5) is 0 Å². The summed E-state index contributed by atoms with van der Waals surface area (Å²) in [6.07, 6.45) is 2.54. The Bertz CT molecular complexity index is 270. The summed E-state index contributed by atoms with van der Waals surface area (Å²) in [4.78, 5) is 9.37. The van der Waals surface area contributed by atoms with Crippen molar-refractivity contribution in [1.82, 2.24) is 0 Å². The van der Waals surface area contributed by atoms with Crippen LogP contribution in [0.3, 0.4) is 0 Å². The van der Waals surface area contributed by atoms with Crippen LogP contribution in [0.1, 0.15) is 33.1 Å². The third kappa shape index (κ3) is 9.06. The minimum atomic E-state index is -0.745. The second-order valence-electron chi connectivity index (χ2n) is 3.26. The highest BCUT2D eigenvalue weighted by Gasteiger charge is 1.88. The predicted molar refractivity (Wildman–Crippen MR) is 64.8 cm³/mol. The molecule has 0 atom stereocenters. The van der Waals surface area contributed by atoms with Gasteiger partial charge in [0.1, 0.15) is 5.75 Å². The molecule has 0 aliphatic heterocycles. The summed E-state index contributed by atoms with van der Waals surface area (Å²) < 4.78 is 5.45. The Morgan fingerprint density at radius 3 is 2.25 bits per heavy atom. The Morgan fingerprint density at radius 1 is 1.25 bits per heavy atom. The van der Waals surface area contributed by atoms with Crippen molar-refractivity contribution in [3.8, 4) is 5.75 Å². The van der Waals surface area contributed by atoms with Gasteiger partial charge < -0.3 is 9.84 Å². The molecule has 3 nitrogen and oxygen atoms in total. The lowest BCUT2D eigenvalue weighted by Gasteiger charge is -2.03. The average Bonchev–Trinajstić information content (AvgIpc) is 2.31. The number of hydrogen-bond donors (Lipinski definition) is 1. The Kier molecular flexibility index (Phi) is 9.08. The first kappa shape index (κ1) is 14.5. The lowest BCUT2D eigenvalue weighted by atomic mass is 10.3. The Balaban J connectivity index is 0.000000385. The number of benzene rings is 1. The zero-order valence-electron chi connectivity index (χ0n) is 9.98. The van der Waals surface area contributed by atoms with E-state index in [-0.39, 0.29) is 6.42 Å². The Morgan fingerprint density at radius 2 is 1.81 bits per heavy atom. The molecule has 0 saturated heterocycles. The number of carboxylic acids is 1. The molecule has 0 amide bonds. The summed E-state index contributed by atoms with van der Waals surface area (Å²) in [5, 5.41) is 7.72. The molecule has 0 aliphatic rings. The molecule has 0 saturated carbocycles. The van der Waals surface area contributed by atoms with Gasteiger partial charge >= 0.3 is 5.97 Å². The van der Waals surface area contributed by atoms with Gasteiger partial charge in [0.15, 0.2) is 0 Å². The highest BCUT2D eigenvalue weighted by molar-refractivity contribution is 5.66. The SMILES string of the molecule is CCC(=O)O.CCCCOc1ccccc1. The molecule has 1 rings (SSSR count). The zero-order chi connectivity index (χ0) is 12.2. The molecule has 0 aromatic heterocycles. The number of hydrogen-bond acceptors (Lipinski definition) is 2. The van der Waals surface area contributed by atoms with Crippen molar-refractivity contribution in [2.24, 2.45) is 0 Å². The molecular weight excluding hydrogens is 204 g/mol. The van der Waals surface area contributed by atoms with Gasteiger partial charge in [-0.2, -0.15) is 0 Å². The molecular formula is C13H20O3. The topological polar surface area (TPSA) is 46.5 Å². The number of aliphatic carboxylic acids is 1. The molecule has 1 aromatic carbocycles. The first-order valence-corrected chi connectivity index (χ1v) is 5.60. The van der Waals surface area contributed by atoms with Crippen LogP contribution in [-0.2, 0) is 4.79 Å². The first-order chi connectivity index (χ1) is 7.70. The smallest absolute Gasteiger partial charge is 0.303 e. The molecule has 0 radical (unpaired) electrons. The van der Waals surface area contributed by atoms with Crippen molar-refractivity contribution in [3.05, 3.63) is 30.3 Å². The molecule has 0 unspecified atom stereocenters. The predicted octanol–water partition coefficient (Wildman–Crippen LogP) is 3.35. The number of rotatable bonds is 5. The van der Waals surface area contributed by atoms with Gasteiger partial charge in [0.2, 0.25) is 0 Å². The molecule has 16 heavy (non-hydrogen) atoms. The van der Waals surface area contributed by atoms with Crippen molar-refractivity contribution >= 4 is 5.97 Å². The van der Waals surface area contributed by atoms with Gasteiger partial charge in [0.25, 0.3) is 0 Å². The van der Waals surface area contributed by atoms with Crippen molar-refractivity contribution in [2.75, 3.05) is 6.61 Å². The van der Waals surface area contributed by atoms with Crippen LogP contribution in [0.25, 0.3) is 0 Å². The summed E-state index contributed by atoms with van der Waals surface area (Å²) in [5.74, 6) is 0.228. The minimum absolute atomic E-state index is 0.222. The summed E-state index contributed by atoms with van der Waals surface area (Å²) in [7, 11) is 0. The van der Waals surface area contributed by atoms with Crippen molar-refractivity contribution in [3.63, 3.8) is 0 Å². The quantitative estimate of drug-likeness (QED) is 0.780.